The van der Waals surface area contributed by atoms with Crippen LogP contribution in [0.4, 0.5) is 0 Å². The lowest BCUT2D eigenvalue weighted by atomic mass is 10.0. The van der Waals surface area contributed by atoms with Crippen molar-refractivity contribution in [1.29, 1.82) is 0 Å². The molecule has 0 spiro atoms. The molecule has 2 nitrogen and oxygen atoms in total. The maximum atomic E-state index is 4.80. The smallest absolute Gasteiger partial charge is 0.107 e. The number of hydrogen-bond donors (Lipinski definition) is 1. The van der Waals surface area contributed by atoms with Crippen molar-refractivity contribution in [2.45, 2.75) is 66.5 Å². The molecule has 0 saturated heterocycles. The van der Waals surface area contributed by atoms with Gasteiger partial charge in [0.1, 0.15) is 5.01 Å². The van der Waals surface area contributed by atoms with Crippen LogP contribution in [0.1, 0.15) is 63.0 Å². The van der Waals surface area contributed by atoms with Crippen molar-refractivity contribution >= 4 is 11.3 Å². The Labute approximate surface area is 110 Å². The Hall–Kier alpha value is -0.410. The molecular weight excluding hydrogens is 228 g/mol. The third kappa shape index (κ3) is 4.76. The molecule has 98 valence electrons. The molecule has 0 radical (unpaired) electrons. The van der Waals surface area contributed by atoms with Crippen molar-refractivity contribution in [2.24, 2.45) is 5.92 Å². The van der Waals surface area contributed by atoms with E-state index in [2.05, 4.69) is 46.9 Å². The molecule has 0 aliphatic heterocycles. The fraction of sp³-hybridized carbons (Fsp3) is 0.786. The second-order valence-corrected chi connectivity index (χ2v) is 6.82. The van der Waals surface area contributed by atoms with Gasteiger partial charge in [-0.3, -0.25) is 0 Å². The van der Waals surface area contributed by atoms with Crippen molar-refractivity contribution in [3.05, 3.63) is 15.6 Å². The minimum absolute atomic E-state index is 0.523. The molecule has 0 bridgehead atoms. The van der Waals surface area contributed by atoms with E-state index in [0.717, 1.165) is 13.0 Å². The summed E-state index contributed by atoms with van der Waals surface area (Å²) in [6.45, 7) is 14.3. The monoisotopic (exact) mass is 254 g/mol. The van der Waals surface area contributed by atoms with Crippen LogP contribution >= 0.6 is 11.3 Å². The number of aromatic nitrogens is 1. The Bertz CT molecular complexity index is 340. The van der Waals surface area contributed by atoms with Gasteiger partial charge in [0.15, 0.2) is 0 Å². The van der Waals surface area contributed by atoms with Gasteiger partial charge in [-0.15, -0.1) is 11.3 Å². The highest BCUT2D eigenvalue weighted by Crippen LogP contribution is 2.28. The molecule has 1 aromatic rings. The lowest BCUT2D eigenvalue weighted by Crippen LogP contribution is -2.21. The average Bonchev–Trinajstić information content (AvgIpc) is 2.57. The fourth-order valence-corrected chi connectivity index (χ4v) is 2.81. The standard InChI is InChI=1S/C14H26N2S/c1-9(2)7-12-14(10(3)4)17-13(16-12)8-15-11(5)6/h9-11,15H,7-8H2,1-6H3. The summed E-state index contributed by atoms with van der Waals surface area (Å²) in [5.74, 6) is 1.27. The van der Waals surface area contributed by atoms with Gasteiger partial charge in [-0.05, 0) is 18.3 Å². The second-order valence-electron chi connectivity index (χ2n) is 5.71. The quantitative estimate of drug-likeness (QED) is 0.831. The highest BCUT2D eigenvalue weighted by Gasteiger charge is 2.15. The lowest BCUT2D eigenvalue weighted by molar-refractivity contribution is 0.583. The van der Waals surface area contributed by atoms with E-state index in [4.69, 9.17) is 4.98 Å². The Morgan fingerprint density at radius 2 is 1.76 bits per heavy atom. The lowest BCUT2D eigenvalue weighted by Gasteiger charge is -2.06. The van der Waals surface area contributed by atoms with Crippen molar-refractivity contribution in [1.82, 2.24) is 10.3 Å². The van der Waals surface area contributed by atoms with Crippen molar-refractivity contribution < 1.29 is 0 Å². The Morgan fingerprint density at radius 1 is 1.12 bits per heavy atom. The zero-order chi connectivity index (χ0) is 13.0. The first-order valence-corrected chi connectivity index (χ1v) is 7.43. The number of nitrogens with zero attached hydrogens (tertiary/aromatic N) is 1. The largest absolute Gasteiger partial charge is 0.308 e. The van der Waals surface area contributed by atoms with E-state index in [1.807, 2.05) is 11.3 Å². The normalized spacial score (nSPS) is 12.1. The molecular formula is C14H26N2S. The number of nitrogens with one attached hydrogen (secondary N) is 1. The highest BCUT2D eigenvalue weighted by molar-refractivity contribution is 7.11. The Balaban J connectivity index is 2.80. The van der Waals surface area contributed by atoms with E-state index in [1.165, 1.54) is 15.6 Å². The first kappa shape index (κ1) is 14.7. The molecule has 1 heterocycles. The second kappa shape index (κ2) is 6.50. The van der Waals surface area contributed by atoms with Crippen molar-refractivity contribution in [3.63, 3.8) is 0 Å². The topological polar surface area (TPSA) is 24.9 Å². The van der Waals surface area contributed by atoms with E-state index in [1.54, 1.807) is 0 Å². The van der Waals surface area contributed by atoms with Gasteiger partial charge in [-0.2, -0.15) is 0 Å². The van der Waals surface area contributed by atoms with Crippen LogP contribution in [0.5, 0.6) is 0 Å². The molecule has 1 aromatic heterocycles. The van der Waals surface area contributed by atoms with Gasteiger partial charge in [0.25, 0.3) is 0 Å². The number of thiazole rings is 1. The Kier molecular flexibility index (Phi) is 5.60. The molecule has 0 unspecified atom stereocenters. The summed E-state index contributed by atoms with van der Waals surface area (Å²) in [7, 11) is 0. The van der Waals surface area contributed by atoms with Crippen molar-refractivity contribution in [3.8, 4) is 0 Å². The minimum Gasteiger partial charge on any atom is -0.308 e. The molecule has 17 heavy (non-hydrogen) atoms. The van der Waals surface area contributed by atoms with Crippen LogP contribution in [0.15, 0.2) is 0 Å². The summed E-state index contributed by atoms with van der Waals surface area (Å²) in [6, 6.07) is 0.523. The van der Waals surface area contributed by atoms with Gasteiger partial charge < -0.3 is 5.32 Å². The molecule has 0 aliphatic carbocycles. The molecule has 0 fully saturated rings. The fourth-order valence-electron chi connectivity index (χ4n) is 1.77. The summed E-state index contributed by atoms with van der Waals surface area (Å²) in [5.41, 5.74) is 1.32. The third-order valence-corrected chi connectivity index (χ3v) is 3.96. The van der Waals surface area contributed by atoms with Crippen LogP contribution in [-0.4, -0.2) is 11.0 Å². The van der Waals surface area contributed by atoms with Gasteiger partial charge in [-0.1, -0.05) is 41.5 Å². The van der Waals surface area contributed by atoms with Gasteiger partial charge in [-0.25, -0.2) is 4.98 Å². The highest BCUT2D eigenvalue weighted by atomic mass is 32.1. The predicted octanol–water partition coefficient (Wildman–Crippen LogP) is 3.96. The molecule has 3 heteroatoms. The maximum Gasteiger partial charge on any atom is 0.107 e. The maximum absolute atomic E-state index is 4.80. The Morgan fingerprint density at radius 3 is 2.24 bits per heavy atom. The van der Waals surface area contributed by atoms with Gasteiger partial charge in [0.05, 0.1) is 5.69 Å². The average molecular weight is 254 g/mol. The molecule has 1 N–H and O–H groups in total. The molecule has 0 atom stereocenters. The summed E-state index contributed by atoms with van der Waals surface area (Å²) >= 11 is 1.88. The zero-order valence-corrected chi connectivity index (χ0v) is 12.8. The molecule has 0 saturated carbocycles. The summed E-state index contributed by atoms with van der Waals surface area (Å²) in [4.78, 5) is 6.27. The van der Waals surface area contributed by atoms with E-state index < -0.39 is 0 Å². The van der Waals surface area contributed by atoms with Gasteiger partial charge in [0, 0.05) is 17.5 Å². The van der Waals surface area contributed by atoms with Crippen LogP contribution in [-0.2, 0) is 13.0 Å². The van der Waals surface area contributed by atoms with E-state index >= 15 is 0 Å². The first-order valence-electron chi connectivity index (χ1n) is 6.62. The van der Waals surface area contributed by atoms with E-state index in [9.17, 15) is 0 Å². The summed E-state index contributed by atoms with van der Waals surface area (Å²) in [5, 5.41) is 4.68. The van der Waals surface area contributed by atoms with Crippen LogP contribution in [0.3, 0.4) is 0 Å². The zero-order valence-electron chi connectivity index (χ0n) is 12.0. The first-order chi connectivity index (χ1) is 7.90. The van der Waals surface area contributed by atoms with E-state index in [0.29, 0.717) is 17.9 Å². The number of rotatable bonds is 6. The molecule has 1 rings (SSSR count). The summed E-state index contributed by atoms with van der Waals surface area (Å²) < 4.78 is 0. The minimum atomic E-state index is 0.523. The van der Waals surface area contributed by atoms with Gasteiger partial charge in [0.2, 0.25) is 0 Å². The van der Waals surface area contributed by atoms with E-state index in [-0.39, 0.29) is 0 Å². The summed E-state index contributed by atoms with van der Waals surface area (Å²) in [6.07, 6.45) is 1.10. The van der Waals surface area contributed by atoms with Crippen LogP contribution in [0.2, 0.25) is 0 Å². The SMILES string of the molecule is CC(C)Cc1nc(CNC(C)C)sc1C(C)C. The van der Waals surface area contributed by atoms with Crippen LogP contribution in [0, 0.1) is 5.92 Å². The third-order valence-electron chi connectivity index (χ3n) is 2.56. The van der Waals surface area contributed by atoms with Crippen LogP contribution in [0.25, 0.3) is 0 Å². The number of hydrogen-bond acceptors (Lipinski definition) is 3. The van der Waals surface area contributed by atoms with Crippen LogP contribution < -0.4 is 5.32 Å². The molecule has 0 aliphatic rings. The molecule has 0 amide bonds. The van der Waals surface area contributed by atoms with Crippen molar-refractivity contribution in [2.75, 3.05) is 0 Å². The predicted molar refractivity (Wildman–Crippen MR) is 76.7 cm³/mol. The molecule has 0 aromatic carbocycles. The van der Waals surface area contributed by atoms with Gasteiger partial charge >= 0.3 is 0 Å².